The van der Waals surface area contributed by atoms with Gasteiger partial charge in [0.2, 0.25) is 11.8 Å². The van der Waals surface area contributed by atoms with E-state index in [0.29, 0.717) is 18.2 Å². The first kappa shape index (κ1) is 22.9. The zero-order chi connectivity index (χ0) is 22.6. The molecule has 1 N–H and O–H groups in total. The number of benzene rings is 2. The van der Waals surface area contributed by atoms with Crippen molar-refractivity contribution < 1.29 is 14.3 Å². The molecule has 2 atom stereocenters. The Hall–Kier alpha value is -2.82. The molecule has 2 aromatic rings. The third kappa shape index (κ3) is 6.09. The van der Waals surface area contributed by atoms with Crippen LogP contribution < -0.4 is 10.1 Å². The van der Waals surface area contributed by atoms with Crippen molar-refractivity contribution >= 4 is 11.8 Å². The van der Waals surface area contributed by atoms with E-state index in [9.17, 15) is 9.59 Å². The van der Waals surface area contributed by atoms with Crippen LogP contribution in [-0.4, -0.2) is 34.9 Å². The number of nitrogens with one attached hydrogen (secondary N) is 1. The van der Waals surface area contributed by atoms with Gasteiger partial charge in [-0.3, -0.25) is 9.59 Å². The summed E-state index contributed by atoms with van der Waals surface area (Å²) in [6.07, 6.45) is 0.877. The molecule has 1 aliphatic rings. The zero-order valence-corrected chi connectivity index (χ0v) is 19.2. The molecule has 2 aromatic carbocycles. The predicted octanol–water partition coefficient (Wildman–Crippen LogP) is 4.52. The normalized spacial score (nSPS) is 18.7. The quantitative estimate of drug-likeness (QED) is 0.771. The first-order chi connectivity index (χ1) is 14.6. The van der Waals surface area contributed by atoms with Gasteiger partial charge in [-0.25, -0.2) is 0 Å². The van der Waals surface area contributed by atoms with Gasteiger partial charge >= 0.3 is 0 Å². The highest BCUT2D eigenvalue weighted by Gasteiger charge is 2.39. The van der Waals surface area contributed by atoms with Gasteiger partial charge in [-0.05, 0) is 44.7 Å². The summed E-state index contributed by atoms with van der Waals surface area (Å²) in [6, 6.07) is 16.5. The maximum atomic E-state index is 13.5. The number of carbonyl (C=O) groups excluding carboxylic acids is 2. The highest BCUT2D eigenvalue weighted by Crippen LogP contribution is 2.35. The molecule has 0 saturated carbocycles. The third-order valence-corrected chi connectivity index (χ3v) is 5.22. The van der Waals surface area contributed by atoms with E-state index >= 15 is 0 Å². The second-order valence-electron chi connectivity index (χ2n) is 9.76. The fourth-order valence-corrected chi connectivity index (χ4v) is 4.01. The van der Waals surface area contributed by atoms with Crippen LogP contribution in [-0.2, 0) is 16.0 Å². The lowest BCUT2D eigenvalue weighted by molar-refractivity contribution is -0.141. The molecule has 2 amide bonds. The Kier molecular flexibility index (Phi) is 7.04. The van der Waals surface area contributed by atoms with Crippen LogP contribution in [0.4, 0.5) is 0 Å². The van der Waals surface area contributed by atoms with E-state index in [2.05, 4.69) is 19.2 Å². The molecular weight excluding hydrogens is 388 g/mol. The van der Waals surface area contributed by atoms with Crippen LogP contribution in [0.3, 0.4) is 0 Å². The molecule has 0 fully saturated rings. The Morgan fingerprint density at radius 1 is 1.06 bits per heavy atom. The SMILES string of the molecule is CC(C)C[C@H]1CN(C(=O)Cc2ccccc2)[C@@H](C(=O)NC(C)(C)C)c2ccccc2O1. The Balaban J connectivity index is 2.02. The summed E-state index contributed by atoms with van der Waals surface area (Å²) in [5, 5.41) is 3.07. The molecule has 1 heterocycles. The van der Waals surface area contributed by atoms with Crippen LogP contribution in [0.15, 0.2) is 54.6 Å². The highest BCUT2D eigenvalue weighted by atomic mass is 16.5. The molecule has 0 aliphatic carbocycles. The standard InChI is InChI=1S/C26H34N2O3/c1-18(2)15-20-17-28(23(29)16-19-11-7-6-8-12-19)24(25(30)27-26(3,4)5)21-13-9-10-14-22(21)31-20/h6-14,18,20,24H,15-17H2,1-5H3,(H,27,30)/t20-,24+/m0/s1. The average molecular weight is 423 g/mol. The third-order valence-electron chi connectivity index (χ3n) is 5.22. The summed E-state index contributed by atoms with van der Waals surface area (Å²) in [5.41, 5.74) is 1.25. The highest BCUT2D eigenvalue weighted by molar-refractivity contribution is 5.90. The number of nitrogens with zero attached hydrogens (tertiary/aromatic N) is 1. The Morgan fingerprint density at radius 2 is 1.71 bits per heavy atom. The first-order valence-corrected chi connectivity index (χ1v) is 11.0. The lowest BCUT2D eigenvalue weighted by atomic mass is 9.99. The molecular formula is C26H34N2O3. The van der Waals surface area contributed by atoms with Gasteiger partial charge in [-0.2, -0.15) is 0 Å². The fraction of sp³-hybridized carbons (Fsp3) is 0.462. The van der Waals surface area contributed by atoms with E-state index in [1.165, 1.54) is 0 Å². The summed E-state index contributed by atoms with van der Waals surface area (Å²) >= 11 is 0. The Labute approximate surface area is 185 Å². The van der Waals surface area contributed by atoms with Crippen molar-refractivity contribution in [3.05, 3.63) is 65.7 Å². The fourth-order valence-electron chi connectivity index (χ4n) is 4.01. The number of rotatable bonds is 5. The first-order valence-electron chi connectivity index (χ1n) is 11.0. The minimum Gasteiger partial charge on any atom is -0.488 e. The van der Waals surface area contributed by atoms with Crippen LogP contribution in [0.5, 0.6) is 5.75 Å². The molecule has 3 rings (SSSR count). The molecule has 0 saturated heterocycles. The molecule has 0 spiro atoms. The second-order valence-corrected chi connectivity index (χ2v) is 9.76. The monoisotopic (exact) mass is 422 g/mol. The van der Waals surface area contributed by atoms with Crippen molar-refractivity contribution in [3.63, 3.8) is 0 Å². The summed E-state index contributed by atoms with van der Waals surface area (Å²) < 4.78 is 6.34. The van der Waals surface area contributed by atoms with Crippen LogP contribution >= 0.6 is 0 Å². The molecule has 166 valence electrons. The van der Waals surface area contributed by atoms with Gasteiger partial charge in [0.1, 0.15) is 17.9 Å². The van der Waals surface area contributed by atoms with E-state index in [1.807, 2.05) is 75.4 Å². The number of hydrogen-bond donors (Lipinski definition) is 1. The Bertz CT molecular complexity index is 902. The number of fused-ring (bicyclic) bond motifs is 1. The van der Waals surface area contributed by atoms with Crippen LogP contribution in [0.2, 0.25) is 0 Å². The maximum Gasteiger partial charge on any atom is 0.247 e. The molecule has 0 radical (unpaired) electrons. The molecule has 0 bridgehead atoms. The van der Waals surface area contributed by atoms with Crippen molar-refractivity contribution in [1.29, 1.82) is 0 Å². The number of amides is 2. The summed E-state index contributed by atoms with van der Waals surface area (Å²) in [5.74, 6) is 0.824. The topological polar surface area (TPSA) is 58.6 Å². The molecule has 31 heavy (non-hydrogen) atoms. The smallest absolute Gasteiger partial charge is 0.247 e. The minimum atomic E-state index is -0.733. The summed E-state index contributed by atoms with van der Waals surface area (Å²) in [7, 11) is 0. The zero-order valence-electron chi connectivity index (χ0n) is 19.2. The molecule has 5 heteroatoms. The number of para-hydroxylation sites is 1. The van der Waals surface area contributed by atoms with E-state index in [1.54, 1.807) is 4.90 Å². The minimum absolute atomic E-state index is 0.0747. The van der Waals surface area contributed by atoms with E-state index < -0.39 is 11.6 Å². The van der Waals surface area contributed by atoms with Gasteiger partial charge in [0.05, 0.1) is 13.0 Å². The molecule has 1 aliphatic heterocycles. The molecule has 0 aromatic heterocycles. The van der Waals surface area contributed by atoms with Crippen molar-refractivity contribution in [3.8, 4) is 5.75 Å². The van der Waals surface area contributed by atoms with Crippen molar-refractivity contribution in [2.24, 2.45) is 5.92 Å². The molecule has 5 nitrogen and oxygen atoms in total. The summed E-state index contributed by atoms with van der Waals surface area (Å²) in [4.78, 5) is 28.7. The number of hydrogen-bond acceptors (Lipinski definition) is 3. The predicted molar refractivity (Wildman–Crippen MR) is 123 cm³/mol. The van der Waals surface area contributed by atoms with Gasteiger partial charge in [0, 0.05) is 11.1 Å². The lowest BCUT2D eigenvalue weighted by Gasteiger charge is -2.33. The molecule has 0 unspecified atom stereocenters. The second kappa shape index (κ2) is 9.54. The van der Waals surface area contributed by atoms with Crippen molar-refractivity contribution in [1.82, 2.24) is 10.2 Å². The van der Waals surface area contributed by atoms with Crippen LogP contribution in [0.1, 0.15) is 58.2 Å². The van der Waals surface area contributed by atoms with Gasteiger partial charge < -0.3 is 15.0 Å². The van der Waals surface area contributed by atoms with E-state index in [0.717, 1.165) is 17.5 Å². The summed E-state index contributed by atoms with van der Waals surface area (Å²) in [6.45, 7) is 10.5. The largest absolute Gasteiger partial charge is 0.488 e. The van der Waals surface area contributed by atoms with Crippen molar-refractivity contribution in [2.45, 2.75) is 65.1 Å². The lowest BCUT2D eigenvalue weighted by Crippen LogP contribution is -2.50. The average Bonchev–Trinajstić information content (AvgIpc) is 2.83. The Morgan fingerprint density at radius 3 is 2.35 bits per heavy atom. The van der Waals surface area contributed by atoms with Crippen LogP contribution in [0.25, 0.3) is 0 Å². The van der Waals surface area contributed by atoms with E-state index in [4.69, 9.17) is 4.74 Å². The van der Waals surface area contributed by atoms with Crippen molar-refractivity contribution in [2.75, 3.05) is 6.54 Å². The van der Waals surface area contributed by atoms with Gasteiger partial charge in [-0.1, -0.05) is 62.4 Å². The maximum absolute atomic E-state index is 13.5. The van der Waals surface area contributed by atoms with Gasteiger partial charge in [-0.15, -0.1) is 0 Å². The van der Waals surface area contributed by atoms with Gasteiger partial charge in [0.15, 0.2) is 0 Å². The van der Waals surface area contributed by atoms with E-state index in [-0.39, 0.29) is 24.3 Å². The number of carbonyl (C=O) groups is 2. The van der Waals surface area contributed by atoms with Crippen LogP contribution in [0, 0.1) is 5.92 Å². The number of ether oxygens (including phenoxy) is 1. The van der Waals surface area contributed by atoms with Gasteiger partial charge in [0.25, 0.3) is 0 Å².